The third-order valence-corrected chi connectivity index (χ3v) is 6.02. The zero-order valence-corrected chi connectivity index (χ0v) is 19.8. The van der Waals surface area contributed by atoms with Crippen LogP contribution in [0.5, 0.6) is 17.4 Å². The molecular weight excluding hydrogens is 442 g/mol. The van der Waals surface area contributed by atoms with Gasteiger partial charge in [0.05, 0.1) is 25.5 Å². The van der Waals surface area contributed by atoms with Crippen molar-refractivity contribution in [3.63, 3.8) is 0 Å². The molecule has 0 radical (unpaired) electrons. The summed E-state index contributed by atoms with van der Waals surface area (Å²) in [5, 5.41) is 22.7. The quantitative estimate of drug-likeness (QED) is 0.390. The highest BCUT2D eigenvalue weighted by Gasteiger charge is 2.18. The molecular formula is C28H25N3O4. The Balaban J connectivity index is 1.73. The first-order valence-electron chi connectivity index (χ1n) is 11.1. The summed E-state index contributed by atoms with van der Waals surface area (Å²) in [6, 6.07) is 21.1. The summed E-state index contributed by atoms with van der Waals surface area (Å²) in [7, 11) is 3.12. The van der Waals surface area contributed by atoms with E-state index in [0.717, 1.165) is 22.0 Å². The number of pyridine rings is 1. The topological polar surface area (TPSA) is 96.8 Å². The lowest BCUT2D eigenvalue weighted by atomic mass is 10.1. The van der Waals surface area contributed by atoms with Gasteiger partial charge in [-0.2, -0.15) is 5.26 Å². The van der Waals surface area contributed by atoms with Crippen LogP contribution in [0.15, 0.2) is 70.5 Å². The summed E-state index contributed by atoms with van der Waals surface area (Å²) < 4.78 is 11.8. The summed E-state index contributed by atoms with van der Waals surface area (Å²) in [5.41, 5.74) is 1.78. The van der Waals surface area contributed by atoms with Gasteiger partial charge >= 0.3 is 0 Å². The number of aromatic nitrogens is 1. The van der Waals surface area contributed by atoms with Gasteiger partial charge in [0.2, 0.25) is 5.88 Å². The van der Waals surface area contributed by atoms with Gasteiger partial charge in [-0.1, -0.05) is 42.5 Å². The lowest BCUT2D eigenvalue weighted by molar-refractivity contribution is 0.354. The molecule has 0 saturated carbocycles. The lowest BCUT2D eigenvalue weighted by Gasteiger charge is -2.15. The molecule has 0 aliphatic carbocycles. The van der Waals surface area contributed by atoms with Crippen molar-refractivity contribution in [1.29, 1.82) is 5.26 Å². The molecule has 0 spiro atoms. The van der Waals surface area contributed by atoms with Gasteiger partial charge in [-0.15, -0.1) is 0 Å². The number of aryl methyl sites for hydroxylation is 1. The van der Waals surface area contributed by atoms with Gasteiger partial charge in [-0.05, 0) is 48.1 Å². The summed E-state index contributed by atoms with van der Waals surface area (Å²) in [5.74, 6) is 0.951. The predicted octanol–water partition coefficient (Wildman–Crippen LogP) is 4.90. The standard InChI is InChI=1S/C28H25N3O4/c1-18-22(16-29)27(32)31(14-13-19-11-12-25(34-2)26(15-19)35-3)28(33)23(18)17-30-24-10-6-8-20-7-4-5-9-21(20)24/h4-12,15,17,33H,13-14H2,1-3H3. The van der Waals surface area contributed by atoms with Crippen LogP contribution >= 0.6 is 0 Å². The molecule has 4 rings (SSSR count). The highest BCUT2D eigenvalue weighted by atomic mass is 16.5. The van der Waals surface area contributed by atoms with Crippen molar-refractivity contribution in [1.82, 2.24) is 4.57 Å². The number of hydrogen-bond donors (Lipinski definition) is 1. The van der Waals surface area contributed by atoms with Gasteiger partial charge in [-0.3, -0.25) is 14.4 Å². The van der Waals surface area contributed by atoms with E-state index in [1.165, 1.54) is 10.8 Å². The molecule has 0 unspecified atom stereocenters. The zero-order valence-electron chi connectivity index (χ0n) is 19.8. The largest absolute Gasteiger partial charge is 0.494 e. The average molecular weight is 468 g/mol. The van der Waals surface area contributed by atoms with Gasteiger partial charge in [0, 0.05) is 18.1 Å². The van der Waals surface area contributed by atoms with Crippen molar-refractivity contribution in [3.8, 4) is 23.4 Å². The van der Waals surface area contributed by atoms with Crippen molar-refractivity contribution in [2.45, 2.75) is 19.9 Å². The van der Waals surface area contributed by atoms with Crippen molar-refractivity contribution in [3.05, 3.63) is 93.3 Å². The van der Waals surface area contributed by atoms with Crippen molar-refractivity contribution < 1.29 is 14.6 Å². The summed E-state index contributed by atoms with van der Waals surface area (Å²) in [6.45, 7) is 1.81. The normalized spacial score (nSPS) is 11.0. The van der Waals surface area contributed by atoms with E-state index in [9.17, 15) is 15.2 Å². The van der Waals surface area contributed by atoms with Gasteiger partial charge in [-0.25, -0.2) is 0 Å². The molecule has 7 nitrogen and oxygen atoms in total. The number of fused-ring (bicyclic) bond motifs is 1. The average Bonchev–Trinajstić information content (AvgIpc) is 2.88. The number of aliphatic imine (C=N–C) groups is 1. The van der Waals surface area contributed by atoms with Crippen LogP contribution in [0.4, 0.5) is 5.69 Å². The number of ether oxygens (including phenoxy) is 2. The van der Waals surface area contributed by atoms with Gasteiger partial charge < -0.3 is 14.6 Å². The predicted molar refractivity (Wildman–Crippen MR) is 136 cm³/mol. The van der Waals surface area contributed by atoms with E-state index in [2.05, 4.69) is 4.99 Å². The number of nitrogens with zero attached hydrogens (tertiary/aromatic N) is 3. The second-order valence-electron chi connectivity index (χ2n) is 8.00. The maximum absolute atomic E-state index is 13.0. The number of nitriles is 1. The highest BCUT2D eigenvalue weighted by molar-refractivity contribution is 5.96. The van der Waals surface area contributed by atoms with E-state index in [1.807, 2.05) is 60.7 Å². The third kappa shape index (κ3) is 4.59. The molecule has 3 aromatic carbocycles. The van der Waals surface area contributed by atoms with E-state index in [0.29, 0.717) is 29.0 Å². The maximum atomic E-state index is 13.0. The molecule has 0 fully saturated rings. The van der Waals surface area contributed by atoms with Gasteiger partial charge in [0.25, 0.3) is 5.56 Å². The fourth-order valence-corrected chi connectivity index (χ4v) is 4.07. The monoisotopic (exact) mass is 467 g/mol. The minimum absolute atomic E-state index is 0.0190. The Kier molecular flexibility index (Phi) is 6.83. The first kappa shape index (κ1) is 23.6. The fourth-order valence-electron chi connectivity index (χ4n) is 4.07. The third-order valence-electron chi connectivity index (χ3n) is 6.02. The molecule has 0 atom stereocenters. The first-order chi connectivity index (χ1) is 17.0. The zero-order chi connectivity index (χ0) is 24.9. The molecule has 7 heteroatoms. The molecule has 0 aliphatic heterocycles. The molecule has 0 bridgehead atoms. The van der Waals surface area contributed by atoms with E-state index in [-0.39, 0.29) is 18.0 Å². The van der Waals surface area contributed by atoms with Crippen LogP contribution < -0.4 is 15.0 Å². The van der Waals surface area contributed by atoms with Crippen molar-refractivity contribution >= 4 is 22.7 Å². The summed E-state index contributed by atoms with van der Waals surface area (Å²) in [6.07, 6.45) is 1.95. The Morgan fingerprint density at radius 1 is 1.06 bits per heavy atom. The van der Waals surface area contributed by atoms with Crippen LogP contribution in [0, 0.1) is 18.3 Å². The van der Waals surface area contributed by atoms with Crippen LogP contribution in [0.3, 0.4) is 0 Å². The second kappa shape index (κ2) is 10.1. The van der Waals surface area contributed by atoms with E-state index < -0.39 is 5.56 Å². The Labute approximate surface area is 203 Å². The Hall–Kier alpha value is -4.57. The molecule has 35 heavy (non-hydrogen) atoms. The number of benzene rings is 3. The van der Waals surface area contributed by atoms with Crippen LogP contribution in [0.2, 0.25) is 0 Å². The molecule has 4 aromatic rings. The van der Waals surface area contributed by atoms with Gasteiger partial charge in [0.1, 0.15) is 11.6 Å². The molecule has 1 heterocycles. The fraction of sp³-hybridized carbons (Fsp3) is 0.179. The van der Waals surface area contributed by atoms with Crippen molar-refractivity contribution in [2.24, 2.45) is 4.99 Å². The minimum Gasteiger partial charge on any atom is -0.494 e. The van der Waals surface area contributed by atoms with Crippen LogP contribution in [0.25, 0.3) is 10.8 Å². The van der Waals surface area contributed by atoms with E-state index in [1.54, 1.807) is 27.2 Å². The highest BCUT2D eigenvalue weighted by Crippen LogP contribution is 2.29. The van der Waals surface area contributed by atoms with Crippen LogP contribution in [-0.2, 0) is 13.0 Å². The molecule has 176 valence electrons. The number of methoxy groups -OCH3 is 2. The summed E-state index contributed by atoms with van der Waals surface area (Å²) >= 11 is 0. The number of aromatic hydroxyl groups is 1. The molecule has 0 saturated heterocycles. The van der Waals surface area contributed by atoms with Gasteiger partial charge in [0.15, 0.2) is 11.5 Å². The Morgan fingerprint density at radius 3 is 2.54 bits per heavy atom. The molecule has 0 aliphatic rings. The minimum atomic E-state index is -0.537. The number of rotatable bonds is 7. The smallest absolute Gasteiger partial charge is 0.271 e. The molecule has 0 amide bonds. The first-order valence-corrected chi connectivity index (χ1v) is 11.1. The van der Waals surface area contributed by atoms with E-state index in [4.69, 9.17) is 9.47 Å². The van der Waals surface area contributed by atoms with E-state index >= 15 is 0 Å². The summed E-state index contributed by atoms with van der Waals surface area (Å²) in [4.78, 5) is 17.6. The Morgan fingerprint density at radius 2 is 1.80 bits per heavy atom. The maximum Gasteiger partial charge on any atom is 0.271 e. The molecule has 1 aromatic heterocycles. The molecule has 1 N–H and O–H groups in total. The van der Waals surface area contributed by atoms with Crippen molar-refractivity contribution in [2.75, 3.05) is 14.2 Å². The van der Waals surface area contributed by atoms with Crippen LogP contribution in [0.1, 0.15) is 22.3 Å². The SMILES string of the molecule is COc1ccc(CCn2c(O)c(C=Nc3cccc4ccccc34)c(C)c(C#N)c2=O)cc1OC. The lowest BCUT2D eigenvalue weighted by Crippen LogP contribution is -2.26. The second-order valence-corrected chi connectivity index (χ2v) is 8.00. The Bertz CT molecular complexity index is 1520. The number of hydrogen-bond acceptors (Lipinski definition) is 6. The van der Waals surface area contributed by atoms with Crippen LogP contribution in [-0.4, -0.2) is 30.1 Å².